The monoisotopic (exact) mass is 456 g/mol. The summed E-state index contributed by atoms with van der Waals surface area (Å²) in [6.07, 6.45) is -2.40. The third-order valence-electron chi connectivity index (χ3n) is 4.75. The van der Waals surface area contributed by atoms with Gasteiger partial charge in [0.25, 0.3) is 0 Å². The van der Waals surface area contributed by atoms with E-state index in [1.807, 2.05) is 18.2 Å². The molecular weight excluding hydrogens is 433 g/mol. The lowest BCUT2D eigenvalue weighted by Crippen LogP contribution is -2.17. The summed E-state index contributed by atoms with van der Waals surface area (Å²) in [5.74, 6) is -0.538. The Kier molecular flexibility index (Phi) is 6.81. The van der Waals surface area contributed by atoms with Crippen molar-refractivity contribution in [1.82, 2.24) is 0 Å². The fourth-order valence-corrected chi connectivity index (χ4v) is 3.13. The summed E-state index contributed by atoms with van der Waals surface area (Å²) in [5, 5.41) is 9.00. The van der Waals surface area contributed by atoms with Crippen LogP contribution < -0.4 is 9.47 Å². The van der Waals surface area contributed by atoms with Gasteiger partial charge in [0.2, 0.25) is 0 Å². The number of aliphatic carboxylic acids is 1. The maximum absolute atomic E-state index is 12.6. The summed E-state index contributed by atoms with van der Waals surface area (Å²) < 4.78 is 47.9. The first kappa shape index (κ1) is 23.9. The van der Waals surface area contributed by atoms with Crippen molar-refractivity contribution in [3.05, 3.63) is 83.9 Å². The molecule has 0 saturated heterocycles. The third kappa shape index (κ3) is 6.87. The zero-order chi connectivity index (χ0) is 24.2. The topological polar surface area (TPSA) is 55.8 Å². The Morgan fingerprint density at radius 3 is 2.21 bits per heavy atom. The van der Waals surface area contributed by atoms with Crippen LogP contribution in [0.5, 0.6) is 17.2 Å². The molecule has 0 bridgehead atoms. The smallest absolute Gasteiger partial charge is 0.478 e. The summed E-state index contributed by atoms with van der Waals surface area (Å²) in [5.41, 5.74) is 2.52. The van der Waals surface area contributed by atoms with Crippen molar-refractivity contribution in [3.8, 4) is 28.4 Å². The number of hydrogen-bond acceptors (Lipinski definition) is 3. The predicted molar refractivity (Wildman–Crippen MR) is 120 cm³/mol. The molecule has 4 nitrogen and oxygen atoms in total. The molecule has 7 heteroatoms. The molecule has 3 rings (SSSR count). The van der Waals surface area contributed by atoms with Crippen LogP contribution in [0.15, 0.2) is 72.8 Å². The van der Waals surface area contributed by atoms with E-state index in [-0.39, 0.29) is 11.2 Å². The second kappa shape index (κ2) is 9.40. The minimum atomic E-state index is -4.80. The molecule has 0 aromatic heterocycles. The Morgan fingerprint density at radius 2 is 1.55 bits per heavy atom. The zero-order valence-corrected chi connectivity index (χ0v) is 18.3. The summed E-state index contributed by atoms with van der Waals surface area (Å²) in [6.45, 7) is 6.22. The largest absolute Gasteiger partial charge is 0.573 e. The molecule has 0 heterocycles. The molecule has 0 saturated carbocycles. The molecule has 0 amide bonds. The number of hydrogen-bond donors (Lipinski definition) is 1. The second-order valence-electron chi connectivity index (χ2n) is 8.38. The molecule has 0 spiro atoms. The highest BCUT2D eigenvalue weighted by molar-refractivity contribution is 5.86. The molecule has 0 aliphatic rings. The molecule has 0 aliphatic carbocycles. The highest BCUT2D eigenvalue weighted by atomic mass is 19.4. The van der Waals surface area contributed by atoms with E-state index in [0.717, 1.165) is 11.6 Å². The number of halogens is 3. The van der Waals surface area contributed by atoms with Crippen LogP contribution in [0.25, 0.3) is 17.2 Å². The molecule has 0 fully saturated rings. The average molecular weight is 456 g/mol. The van der Waals surface area contributed by atoms with Crippen molar-refractivity contribution in [1.29, 1.82) is 0 Å². The minimum Gasteiger partial charge on any atom is -0.478 e. The molecule has 1 N–H and O–H groups in total. The fourth-order valence-electron chi connectivity index (χ4n) is 3.13. The van der Waals surface area contributed by atoms with Gasteiger partial charge in [0, 0.05) is 11.6 Å². The van der Waals surface area contributed by atoms with Crippen molar-refractivity contribution >= 4 is 12.0 Å². The number of ether oxygens (including phenoxy) is 2. The van der Waals surface area contributed by atoms with Gasteiger partial charge in [0.1, 0.15) is 17.2 Å². The lowest BCUT2D eigenvalue weighted by Gasteiger charge is -2.20. The normalized spacial score (nSPS) is 12.1. The first-order chi connectivity index (χ1) is 15.4. The van der Waals surface area contributed by atoms with Gasteiger partial charge in [0.05, 0.1) is 0 Å². The third-order valence-corrected chi connectivity index (χ3v) is 4.75. The molecule has 0 atom stereocenters. The summed E-state index contributed by atoms with van der Waals surface area (Å²) in [4.78, 5) is 11.0. The maximum atomic E-state index is 12.6. The van der Waals surface area contributed by atoms with Crippen LogP contribution in [0.3, 0.4) is 0 Å². The Labute approximate surface area is 189 Å². The lowest BCUT2D eigenvalue weighted by molar-refractivity contribution is -0.274. The Bertz CT molecular complexity index is 1170. The van der Waals surface area contributed by atoms with Gasteiger partial charge in [0.15, 0.2) is 0 Å². The molecule has 0 radical (unpaired) electrons. The summed E-state index contributed by atoms with van der Waals surface area (Å²) in [7, 11) is 0. The van der Waals surface area contributed by atoms with Crippen molar-refractivity contribution in [2.45, 2.75) is 32.5 Å². The number of carboxylic acids is 1. The summed E-state index contributed by atoms with van der Waals surface area (Å²) in [6, 6.07) is 18.1. The standard InChI is InChI=1S/C26H23F3O4/c1-25(2,3)20-7-5-8-21(16-20)32-23-15-19(11-10-17(23)12-13-24(30)31)18-6-4-9-22(14-18)33-26(27,28)29/h4-16H,1-3H3,(H,30,31)/b13-12+. The number of alkyl halides is 3. The van der Waals surface area contributed by atoms with Crippen LogP contribution >= 0.6 is 0 Å². The van der Waals surface area contributed by atoms with Gasteiger partial charge < -0.3 is 14.6 Å². The van der Waals surface area contributed by atoms with Crippen LogP contribution in [-0.4, -0.2) is 17.4 Å². The number of carboxylic acid groups (broad SMARTS) is 1. The van der Waals surface area contributed by atoms with Crippen LogP contribution in [0.4, 0.5) is 13.2 Å². The van der Waals surface area contributed by atoms with Gasteiger partial charge in [-0.2, -0.15) is 0 Å². The lowest BCUT2D eigenvalue weighted by atomic mass is 9.87. The Hall–Kier alpha value is -3.74. The van der Waals surface area contributed by atoms with Crippen LogP contribution in [0, 0.1) is 0 Å². The molecule has 33 heavy (non-hydrogen) atoms. The van der Waals surface area contributed by atoms with E-state index >= 15 is 0 Å². The minimum absolute atomic E-state index is 0.105. The number of rotatable bonds is 6. The van der Waals surface area contributed by atoms with Gasteiger partial charge in [-0.3, -0.25) is 0 Å². The van der Waals surface area contributed by atoms with Gasteiger partial charge in [-0.25, -0.2) is 4.79 Å². The molecule has 172 valence electrons. The summed E-state index contributed by atoms with van der Waals surface area (Å²) >= 11 is 0. The molecule has 0 aliphatic heterocycles. The van der Waals surface area contributed by atoms with E-state index in [9.17, 15) is 18.0 Å². The quantitative estimate of drug-likeness (QED) is 0.392. The van der Waals surface area contributed by atoms with E-state index in [2.05, 4.69) is 25.5 Å². The highest BCUT2D eigenvalue weighted by Crippen LogP contribution is 2.35. The van der Waals surface area contributed by atoms with Gasteiger partial charge in [-0.1, -0.05) is 57.2 Å². The molecule has 3 aromatic carbocycles. The van der Waals surface area contributed by atoms with Crippen LogP contribution in [0.2, 0.25) is 0 Å². The highest BCUT2D eigenvalue weighted by Gasteiger charge is 2.31. The van der Waals surface area contributed by atoms with Gasteiger partial charge in [-0.05, 0) is 58.5 Å². The predicted octanol–water partition coefficient (Wildman–Crippen LogP) is 7.44. The van der Waals surface area contributed by atoms with E-state index in [4.69, 9.17) is 9.84 Å². The van der Waals surface area contributed by atoms with E-state index < -0.39 is 12.3 Å². The van der Waals surface area contributed by atoms with E-state index in [1.54, 1.807) is 30.3 Å². The van der Waals surface area contributed by atoms with E-state index in [1.165, 1.54) is 24.3 Å². The van der Waals surface area contributed by atoms with Crippen molar-refractivity contribution < 1.29 is 32.5 Å². The first-order valence-corrected chi connectivity index (χ1v) is 10.1. The molecule has 0 unspecified atom stereocenters. The maximum Gasteiger partial charge on any atom is 0.573 e. The van der Waals surface area contributed by atoms with Gasteiger partial charge >= 0.3 is 12.3 Å². The zero-order valence-electron chi connectivity index (χ0n) is 18.3. The fraction of sp³-hybridized carbons (Fsp3) is 0.192. The SMILES string of the molecule is CC(C)(C)c1cccc(Oc2cc(-c3cccc(OC(F)(F)F)c3)ccc2/C=C/C(=O)O)c1. The number of benzene rings is 3. The van der Waals surface area contributed by atoms with Crippen LogP contribution in [-0.2, 0) is 10.2 Å². The number of carbonyl (C=O) groups is 1. The second-order valence-corrected chi connectivity index (χ2v) is 8.38. The van der Waals surface area contributed by atoms with Crippen LogP contribution in [0.1, 0.15) is 31.9 Å². The van der Waals surface area contributed by atoms with E-state index in [0.29, 0.717) is 28.2 Å². The van der Waals surface area contributed by atoms with Crippen molar-refractivity contribution in [3.63, 3.8) is 0 Å². The first-order valence-electron chi connectivity index (χ1n) is 10.1. The Balaban J connectivity index is 2.02. The van der Waals surface area contributed by atoms with Crippen molar-refractivity contribution in [2.24, 2.45) is 0 Å². The van der Waals surface area contributed by atoms with Gasteiger partial charge in [-0.15, -0.1) is 13.2 Å². The Morgan fingerprint density at radius 1 is 0.879 bits per heavy atom. The molecule has 3 aromatic rings. The average Bonchev–Trinajstić information content (AvgIpc) is 2.71. The van der Waals surface area contributed by atoms with Crippen molar-refractivity contribution in [2.75, 3.05) is 0 Å². The molecular formula is C26H23F3O4.